The predicted octanol–water partition coefficient (Wildman–Crippen LogP) is 2.53. The van der Waals surface area contributed by atoms with Crippen LogP contribution in [0.2, 0.25) is 0 Å². The van der Waals surface area contributed by atoms with Crippen molar-refractivity contribution in [3.63, 3.8) is 0 Å². The largest absolute Gasteiger partial charge is 0.462 e. The number of aliphatic hydroxyl groups is 1. The number of hydrogen-bond acceptors (Lipinski definition) is 4. The Morgan fingerprint density at radius 1 is 1.40 bits per heavy atom. The van der Waals surface area contributed by atoms with Gasteiger partial charge < -0.3 is 14.8 Å². The minimum absolute atomic E-state index is 0. The normalized spacial score (nSPS) is 16.9. The minimum Gasteiger partial charge on any atom is -0.462 e. The number of piperazine rings is 1. The van der Waals surface area contributed by atoms with Crippen LogP contribution in [0.3, 0.4) is 0 Å². The fourth-order valence-corrected chi connectivity index (χ4v) is 2.39. The van der Waals surface area contributed by atoms with Crippen LogP contribution >= 0.6 is 24.8 Å². The zero-order valence-corrected chi connectivity index (χ0v) is 13.4. The van der Waals surface area contributed by atoms with E-state index in [1.54, 1.807) is 0 Å². The van der Waals surface area contributed by atoms with Crippen LogP contribution in [-0.4, -0.2) is 36.2 Å². The van der Waals surface area contributed by atoms with Gasteiger partial charge in [0.1, 0.15) is 18.1 Å². The summed E-state index contributed by atoms with van der Waals surface area (Å²) < 4.78 is 5.70. The van der Waals surface area contributed by atoms with Crippen molar-refractivity contribution in [3.8, 4) is 0 Å². The molecule has 2 N–H and O–H groups in total. The van der Waals surface area contributed by atoms with Gasteiger partial charge >= 0.3 is 0 Å². The van der Waals surface area contributed by atoms with E-state index < -0.39 is 0 Å². The van der Waals surface area contributed by atoms with Gasteiger partial charge in [-0.15, -0.1) is 31.4 Å². The van der Waals surface area contributed by atoms with Gasteiger partial charge in [0.25, 0.3) is 0 Å². The molecule has 1 aromatic rings. The maximum absolute atomic E-state index is 9.09. The maximum atomic E-state index is 9.09. The van der Waals surface area contributed by atoms with Crippen molar-refractivity contribution in [2.45, 2.75) is 26.0 Å². The summed E-state index contributed by atoms with van der Waals surface area (Å²) in [6, 6.07) is 4.06. The second-order valence-corrected chi connectivity index (χ2v) is 4.93. The molecule has 1 aliphatic rings. The van der Waals surface area contributed by atoms with Crippen molar-refractivity contribution in [2.75, 3.05) is 26.2 Å². The summed E-state index contributed by atoms with van der Waals surface area (Å²) >= 11 is 0. The molecule has 4 nitrogen and oxygen atoms in total. The lowest BCUT2D eigenvalue weighted by Crippen LogP contribution is -2.45. The Balaban J connectivity index is 0.00000180. The Morgan fingerprint density at radius 2 is 2.05 bits per heavy atom. The van der Waals surface area contributed by atoms with Gasteiger partial charge in [-0.2, -0.15) is 0 Å². The van der Waals surface area contributed by atoms with E-state index in [0.29, 0.717) is 5.76 Å². The van der Waals surface area contributed by atoms with Crippen molar-refractivity contribution in [1.82, 2.24) is 10.2 Å². The van der Waals surface area contributed by atoms with Crippen molar-refractivity contribution < 1.29 is 9.52 Å². The molecule has 1 aliphatic heterocycles. The highest BCUT2D eigenvalue weighted by atomic mass is 35.5. The molecular weight excluding hydrogens is 299 g/mol. The van der Waals surface area contributed by atoms with Gasteiger partial charge in [0.15, 0.2) is 0 Å². The van der Waals surface area contributed by atoms with E-state index in [9.17, 15) is 0 Å². The third-order valence-corrected chi connectivity index (χ3v) is 3.30. The molecule has 1 saturated heterocycles. The van der Waals surface area contributed by atoms with Crippen LogP contribution in [0.5, 0.6) is 0 Å². The Morgan fingerprint density at radius 3 is 2.55 bits per heavy atom. The molecule has 6 heteroatoms. The van der Waals surface area contributed by atoms with E-state index in [1.165, 1.54) is 0 Å². The highest BCUT2D eigenvalue weighted by molar-refractivity contribution is 5.85. The van der Waals surface area contributed by atoms with Crippen LogP contribution in [0, 0.1) is 0 Å². The summed E-state index contributed by atoms with van der Waals surface area (Å²) in [7, 11) is 0. The van der Waals surface area contributed by atoms with Crippen LogP contribution in [0.15, 0.2) is 28.7 Å². The third-order valence-electron chi connectivity index (χ3n) is 3.30. The number of hydrogen-bond donors (Lipinski definition) is 2. The molecule has 0 aromatic carbocycles. The minimum atomic E-state index is -0.0403. The Bertz CT molecular complexity index is 404. The molecule has 0 bridgehead atoms. The standard InChI is InChI=1S/C14H22N2O2.2ClH/c1-11(2)9-13(16-7-5-15-6-8-16)14-4-3-12(10-17)18-14;;/h3-4,13,15,17H,1,5-10H2,2H3;2*1H/t13-;;/m0../s1. The smallest absolute Gasteiger partial charge is 0.129 e. The molecular formula is C14H24Cl2N2O2. The molecule has 0 spiro atoms. The first-order chi connectivity index (χ1) is 8.70. The average molecular weight is 323 g/mol. The van der Waals surface area contributed by atoms with Crippen LogP contribution in [-0.2, 0) is 6.61 Å². The molecule has 0 radical (unpaired) electrons. The summed E-state index contributed by atoms with van der Waals surface area (Å²) in [5.74, 6) is 1.57. The third kappa shape index (κ3) is 5.11. The lowest BCUT2D eigenvalue weighted by molar-refractivity contribution is 0.148. The van der Waals surface area contributed by atoms with Crippen molar-refractivity contribution in [1.29, 1.82) is 0 Å². The predicted molar refractivity (Wildman–Crippen MR) is 85.7 cm³/mol. The number of aliphatic hydroxyl groups excluding tert-OH is 1. The highest BCUT2D eigenvalue weighted by Gasteiger charge is 2.24. The number of nitrogens with one attached hydrogen (secondary N) is 1. The number of furan rings is 1. The number of rotatable bonds is 5. The van der Waals surface area contributed by atoms with Gasteiger partial charge in [0, 0.05) is 26.2 Å². The second kappa shape index (κ2) is 9.42. The van der Waals surface area contributed by atoms with Gasteiger partial charge in [-0.05, 0) is 25.5 Å². The first kappa shape index (κ1) is 19.5. The number of nitrogens with zero attached hydrogens (tertiary/aromatic N) is 1. The molecule has 2 rings (SSSR count). The zero-order chi connectivity index (χ0) is 13.0. The second-order valence-electron chi connectivity index (χ2n) is 4.93. The van der Waals surface area contributed by atoms with Crippen LogP contribution in [0.25, 0.3) is 0 Å². The van der Waals surface area contributed by atoms with Gasteiger partial charge in [0.2, 0.25) is 0 Å². The fraction of sp³-hybridized carbons (Fsp3) is 0.571. The molecule has 0 amide bonds. The molecule has 0 saturated carbocycles. The van der Waals surface area contributed by atoms with Crippen LogP contribution < -0.4 is 5.32 Å². The van der Waals surface area contributed by atoms with Crippen LogP contribution in [0.4, 0.5) is 0 Å². The number of halogens is 2. The Labute approximate surface area is 133 Å². The van der Waals surface area contributed by atoms with E-state index in [2.05, 4.69) is 16.8 Å². The summed E-state index contributed by atoms with van der Waals surface area (Å²) in [4.78, 5) is 2.42. The Hall–Kier alpha value is -0.520. The van der Waals surface area contributed by atoms with E-state index in [4.69, 9.17) is 9.52 Å². The van der Waals surface area contributed by atoms with E-state index in [0.717, 1.165) is 43.9 Å². The average Bonchev–Trinajstić information content (AvgIpc) is 2.85. The van der Waals surface area contributed by atoms with Gasteiger partial charge in [-0.25, -0.2) is 0 Å². The molecule has 0 aliphatic carbocycles. The Kier molecular flexibility index (Phi) is 9.18. The topological polar surface area (TPSA) is 48.6 Å². The molecule has 1 atom stereocenters. The van der Waals surface area contributed by atoms with Crippen LogP contribution in [0.1, 0.15) is 30.9 Å². The summed E-state index contributed by atoms with van der Waals surface area (Å²) in [5, 5.41) is 12.4. The van der Waals surface area contributed by atoms with Gasteiger partial charge in [-0.3, -0.25) is 4.90 Å². The zero-order valence-electron chi connectivity index (χ0n) is 11.8. The quantitative estimate of drug-likeness (QED) is 0.818. The monoisotopic (exact) mass is 322 g/mol. The maximum Gasteiger partial charge on any atom is 0.129 e. The molecule has 1 fully saturated rings. The SMILES string of the molecule is C=C(C)C[C@@H](c1ccc(CO)o1)N1CCNCC1.Cl.Cl. The summed E-state index contributed by atoms with van der Waals surface area (Å²) in [6.07, 6.45) is 0.901. The molecule has 1 aromatic heterocycles. The van der Waals surface area contributed by atoms with Crippen molar-refractivity contribution in [3.05, 3.63) is 35.8 Å². The first-order valence-corrected chi connectivity index (χ1v) is 6.49. The summed E-state index contributed by atoms with van der Waals surface area (Å²) in [6.45, 7) is 10.1. The summed E-state index contributed by atoms with van der Waals surface area (Å²) in [5.41, 5.74) is 1.15. The lowest BCUT2D eigenvalue weighted by Gasteiger charge is -2.34. The highest BCUT2D eigenvalue weighted by Crippen LogP contribution is 2.29. The molecule has 20 heavy (non-hydrogen) atoms. The fourth-order valence-electron chi connectivity index (χ4n) is 2.39. The molecule has 2 heterocycles. The van der Waals surface area contributed by atoms with Crippen molar-refractivity contribution >= 4 is 24.8 Å². The van der Waals surface area contributed by atoms with Crippen molar-refractivity contribution in [2.24, 2.45) is 0 Å². The van der Waals surface area contributed by atoms with Gasteiger partial charge in [-0.1, -0.05) is 5.57 Å². The van der Waals surface area contributed by atoms with Gasteiger partial charge in [0.05, 0.1) is 6.04 Å². The van der Waals surface area contributed by atoms with E-state index in [-0.39, 0.29) is 37.5 Å². The lowest BCUT2D eigenvalue weighted by atomic mass is 10.0. The van der Waals surface area contributed by atoms with E-state index in [1.807, 2.05) is 19.1 Å². The molecule has 0 unspecified atom stereocenters. The molecule has 116 valence electrons. The first-order valence-electron chi connectivity index (χ1n) is 6.49. The van der Waals surface area contributed by atoms with E-state index >= 15 is 0 Å².